The standard InChI is InChI=1S/C23H28N2O/c1-6-10-25-22-11-16(2)18(12-21(22)17(3)14-23(25,4)5)15-24-19-8-7-9-20(26)13-19/h7-9,11-15,26H,6,10H2,1-5H3. The average molecular weight is 348 g/mol. The van der Waals surface area contributed by atoms with Crippen molar-refractivity contribution in [2.45, 2.75) is 46.6 Å². The average Bonchev–Trinajstić information content (AvgIpc) is 2.57. The Morgan fingerprint density at radius 3 is 2.62 bits per heavy atom. The molecule has 2 aromatic rings. The third kappa shape index (κ3) is 3.52. The highest BCUT2D eigenvalue weighted by Crippen LogP contribution is 2.40. The first kappa shape index (κ1) is 18.2. The third-order valence-electron chi connectivity index (χ3n) is 5.00. The SMILES string of the molecule is CCCN1c2cc(C)c(C=Nc3cccc(O)c3)cc2C(C)=CC1(C)C. The number of nitrogens with zero attached hydrogens (tertiary/aromatic N) is 2. The lowest BCUT2D eigenvalue weighted by molar-refractivity contribution is 0.475. The van der Waals surface area contributed by atoms with Crippen LogP contribution < -0.4 is 4.90 Å². The maximum absolute atomic E-state index is 9.60. The van der Waals surface area contributed by atoms with E-state index < -0.39 is 0 Å². The molecular formula is C23H28N2O. The molecule has 1 aliphatic heterocycles. The number of rotatable bonds is 4. The van der Waals surface area contributed by atoms with Crippen LogP contribution in [-0.4, -0.2) is 23.4 Å². The van der Waals surface area contributed by atoms with Crippen LogP contribution in [0.2, 0.25) is 0 Å². The Hall–Kier alpha value is -2.55. The summed E-state index contributed by atoms with van der Waals surface area (Å²) < 4.78 is 0. The molecule has 136 valence electrons. The number of phenols is 1. The first-order chi connectivity index (χ1) is 12.3. The molecule has 0 aliphatic carbocycles. The van der Waals surface area contributed by atoms with Crippen LogP contribution in [0.25, 0.3) is 5.57 Å². The Morgan fingerprint density at radius 2 is 1.92 bits per heavy atom. The van der Waals surface area contributed by atoms with Crippen molar-refractivity contribution in [2.24, 2.45) is 4.99 Å². The highest BCUT2D eigenvalue weighted by Gasteiger charge is 2.30. The molecule has 0 unspecified atom stereocenters. The fourth-order valence-corrected chi connectivity index (χ4v) is 3.73. The van der Waals surface area contributed by atoms with Crippen LogP contribution in [0.1, 0.15) is 50.8 Å². The van der Waals surface area contributed by atoms with Gasteiger partial charge in [0.2, 0.25) is 0 Å². The van der Waals surface area contributed by atoms with E-state index in [-0.39, 0.29) is 11.3 Å². The molecule has 3 nitrogen and oxygen atoms in total. The second-order valence-corrected chi connectivity index (χ2v) is 7.64. The summed E-state index contributed by atoms with van der Waals surface area (Å²) in [6, 6.07) is 11.5. The van der Waals surface area contributed by atoms with Gasteiger partial charge in [0.15, 0.2) is 0 Å². The number of anilines is 1. The van der Waals surface area contributed by atoms with Gasteiger partial charge in [-0.3, -0.25) is 4.99 Å². The second-order valence-electron chi connectivity index (χ2n) is 7.64. The molecule has 0 fully saturated rings. The lowest BCUT2D eigenvalue weighted by atomic mass is 9.87. The van der Waals surface area contributed by atoms with Crippen molar-refractivity contribution in [3.8, 4) is 5.75 Å². The van der Waals surface area contributed by atoms with Gasteiger partial charge in [0.05, 0.1) is 11.2 Å². The van der Waals surface area contributed by atoms with Crippen LogP contribution in [0, 0.1) is 6.92 Å². The van der Waals surface area contributed by atoms with Crippen LogP contribution in [-0.2, 0) is 0 Å². The highest BCUT2D eigenvalue weighted by atomic mass is 16.3. The van der Waals surface area contributed by atoms with Gasteiger partial charge in [-0.15, -0.1) is 0 Å². The predicted molar refractivity (Wildman–Crippen MR) is 112 cm³/mol. The monoisotopic (exact) mass is 348 g/mol. The van der Waals surface area contributed by atoms with E-state index in [0.29, 0.717) is 0 Å². The van der Waals surface area contributed by atoms with E-state index in [1.54, 1.807) is 18.2 Å². The second kappa shape index (κ2) is 6.99. The van der Waals surface area contributed by atoms with E-state index in [4.69, 9.17) is 0 Å². The number of aliphatic imine (C=N–C) groups is 1. The van der Waals surface area contributed by atoms with Crippen LogP contribution in [0.3, 0.4) is 0 Å². The summed E-state index contributed by atoms with van der Waals surface area (Å²) in [5, 5.41) is 9.60. The zero-order valence-electron chi connectivity index (χ0n) is 16.4. The topological polar surface area (TPSA) is 35.8 Å². The van der Waals surface area contributed by atoms with Crippen LogP contribution in [0.4, 0.5) is 11.4 Å². The van der Waals surface area contributed by atoms with Crippen molar-refractivity contribution < 1.29 is 5.11 Å². The van der Waals surface area contributed by atoms with Crippen LogP contribution in [0.5, 0.6) is 5.75 Å². The zero-order valence-corrected chi connectivity index (χ0v) is 16.4. The molecule has 0 saturated heterocycles. The molecule has 26 heavy (non-hydrogen) atoms. The summed E-state index contributed by atoms with van der Waals surface area (Å²) in [5.41, 5.74) is 6.99. The van der Waals surface area contributed by atoms with Gasteiger partial charge in [0.25, 0.3) is 0 Å². The maximum Gasteiger partial charge on any atom is 0.117 e. The van der Waals surface area contributed by atoms with Crippen molar-refractivity contribution in [1.29, 1.82) is 0 Å². The first-order valence-corrected chi connectivity index (χ1v) is 9.27. The number of hydrogen-bond donors (Lipinski definition) is 1. The quantitative estimate of drug-likeness (QED) is 0.702. The summed E-state index contributed by atoms with van der Waals surface area (Å²) in [4.78, 5) is 7.04. The number of aryl methyl sites for hydroxylation is 1. The summed E-state index contributed by atoms with van der Waals surface area (Å²) in [6.07, 6.45) is 5.37. The fraction of sp³-hybridized carbons (Fsp3) is 0.348. The normalized spacial score (nSPS) is 15.9. The molecule has 0 bridgehead atoms. The third-order valence-corrected chi connectivity index (χ3v) is 5.00. The van der Waals surface area contributed by atoms with Crippen LogP contribution >= 0.6 is 0 Å². The van der Waals surface area contributed by atoms with E-state index in [2.05, 4.69) is 62.7 Å². The van der Waals surface area contributed by atoms with E-state index in [1.165, 1.54) is 22.4 Å². The van der Waals surface area contributed by atoms with Gasteiger partial charge in [-0.2, -0.15) is 0 Å². The molecule has 1 aliphatic rings. The Morgan fingerprint density at radius 1 is 1.15 bits per heavy atom. The molecule has 0 amide bonds. The summed E-state index contributed by atoms with van der Waals surface area (Å²) >= 11 is 0. The minimum absolute atomic E-state index is 0.0245. The van der Waals surface area contributed by atoms with Gasteiger partial charge < -0.3 is 10.0 Å². The molecule has 0 aromatic heterocycles. The minimum atomic E-state index is 0.0245. The maximum atomic E-state index is 9.60. The molecule has 3 rings (SSSR count). The van der Waals surface area contributed by atoms with Crippen molar-refractivity contribution in [3.05, 3.63) is 59.2 Å². The van der Waals surface area contributed by atoms with Gasteiger partial charge in [-0.05, 0) is 75.1 Å². The lowest BCUT2D eigenvalue weighted by Crippen LogP contribution is -2.45. The van der Waals surface area contributed by atoms with Gasteiger partial charge in [0, 0.05) is 30.1 Å². The van der Waals surface area contributed by atoms with E-state index in [0.717, 1.165) is 24.2 Å². The number of fused-ring (bicyclic) bond motifs is 1. The van der Waals surface area contributed by atoms with E-state index in [9.17, 15) is 5.11 Å². The number of benzene rings is 2. The Bertz CT molecular complexity index is 878. The number of aromatic hydroxyl groups is 1. The summed E-state index contributed by atoms with van der Waals surface area (Å²) in [7, 11) is 0. The molecular weight excluding hydrogens is 320 g/mol. The number of phenolic OH excluding ortho intramolecular Hbond substituents is 1. The predicted octanol–water partition coefficient (Wildman–Crippen LogP) is 5.86. The largest absolute Gasteiger partial charge is 0.508 e. The number of hydrogen-bond acceptors (Lipinski definition) is 3. The lowest BCUT2D eigenvalue weighted by Gasteiger charge is -2.43. The molecule has 3 heteroatoms. The Labute approximate surface area is 156 Å². The molecule has 0 radical (unpaired) electrons. The smallest absolute Gasteiger partial charge is 0.117 e. The summed E-state index contributed by atoms with van der Waals surface area (Å²) in [5.74, 6) is 0.234. The summed E-state index contributed by atoms with van der Waals surface area (Å²) in [6.45, 7) is 12.2. The highest BCUT2D eigenvalue weighted by molar-refractivity contribution is 5.90. The van der Waals surface area contributed by atoms with Gasteiger partial charge >= 0.3 is 0 Å². The van der Waals surface area contributed by atoms with Gasteiger partial charge in [-0.25, -0.2) is 0 Å². The van der Waals surface area contributed by atoms with Crippen molar-refractivity contribution in [3.63, 3.8) is 0 Å². The van der Waals surface area contributed by atoms with Crippen molar-refractivity contribution in [2.75, 3.05) is 11.4 Å². The van der Waals surface area contributed by atoms with Crippen molar-refractivity contribution in [1.82, 2.24) is 0 Å². The molecule has 1 N–H and O–H groups in total. The zero-order chi connectivity index (χ0) is 18.9. The molecule has 0 spiro atoms. The molecule has 2 aromatic carbocycles. The van der Waals surface area contributed by atoms with E-state index >= 15 is 0 Å². The molecule has 1 heterocycles. The molecule has 0 saturated carbocycles. The fourth-order valence-electron chi connectivity index (χ4n) is 3.73. The van der Waals surface area contributed by atoms with Crippen LogP contribution in [0.15, 0.2) is 47.5 Å². The van der Waals surface area contributed by atoms with E-state index in [1.807, 2.05) is 12.3 Å². The van der Waals surface area contributed by atoms with Gasteiger partial charge in [0.1, 0.15) is 5.75 Å². The number of allylic oxidation sites excluding steroid dienone is 1. The Kier molecular flexibility index (Phi) is 4.90. The van der Waals surface area contributed by atoms with Crippen molar-refractivity contribution >= 4 is 23.2 Å². The Balaban J connectivity index is 2.03. The first-order valence-electron chi connectivity index (χ1n) is 9.27. The molecule has 0 atom stereocenters. The minimum Gasteiger partial charge on any atom is -0.508 e. The van der Waals surface area contributed by atoms with Gasteiger partial charge in [-0.1, -0.05) is 19.1 Å².